The Morgan fingerprint density at radius 1 is 1.55 bits per heavy atom. The molecule has 3 heteroatoms. The van der Waals surface area contributed by atoms with Crippen molar-refractivity contribution >= 4 is 5.69 Å². The van der Waals surface area contributed by atoms with Gasteiger partial charge >= 0.3 is 0 Å². The quantitative estimate of drug-likeness (QED) is 0.452. The first-order valence-corrected chi connectivity index (χ1v) is 3.39. The summed E-state index contributed by atoms with van der Waals surface area (Å²) in [6, 6.07) is 3.42. The van der Waals surface area contributed by atoms with Gasteiger partial charge in [0.15, 0.2) is 12.3 Å². The van der Waals surface area contributed by atoms with E-state index in [2.05, 4.69) is 4.85 Å². The van der Waals surface area contributed by atoms with Crippen LogP contribution in [0.5, 0.6) is 0 Å². The average Bonchev–Trinajstić information content (AvgIpc) is 2.07. The van der Waals surface area contributed by atoms with Crippen molar-refractivity contribution in [1.82, 2.24) is 0 Å². The molecule has 0 amide bonds. The molecule has 0 radical (unpaired) electrons. The molecule has 1 aromatic heterocycles. The van der Waals surface area contributed by atoms with Gasteiger partial charge in [0, 0.05) is 16.9 Å². The van der Waals surface area contributed by atoms with Gasteiger partial charge in [-0.05, 0) is 6.92 Å². The zero-order valence-electron chi connectivity index (χ0n) is 6.32. The Hall–Kier alpha value is -1.56. The molecule has 0 N–H and O–H groups in total. The third-order valence-electron chi connectivity index (χ3n) is 1.19. The van der Waals surface area contributed by atoms with Gasteiger partial charge in [-0.2, -0.15) is 0 Å². The fraction of sp³-hybridized carbons (Fsp3) is 0.250. The highest BCUT2D eigenvalue weighted by Gasteiger charge is 1.98. The Balaban J connectivity index is 2.76. The zero-order valence-corrected chi connectivity index (χ0v) is 6.32. The maximum Gasteiger partial charge on any atom is 0.212 e. The lowest BCUT2D eigenvalue weighted by Crippen LogP contribution is -2.41. The standard InChI is InChI=1S/C8H9N2O/c1-3-11-10-6-4-8(9-2)5-7-10/h4-7H,3H2,1H3/q+1. The van der Waals surface area contributed by atoms with Crippen LogP contribution in [0.15, 0.2) is 24.5 Å². The molecule has 0 aliphatic rings. The first-order valence-electron chi connectivity index (χ1n) is 3.39. The highest BCUT2D eigenvalue weighted by molar-refractivity contribution is 5.40. The Morgan fingerprint density at radius 3 is 2.64 bits per heavy atom. The summed E-state index contributed by atoms with van der Waals surface area (Å²) in [4.78, 5) is 8.37. The van der Waals surface area contributed by atoms with Gasteiger partial charge in [0.2, 0.25) is 12.4 Å². The summed E-state index contributed by atoms with van der Waals surface area (Å²) in [6.07, 6.45) is 3.44. The summed E-state index contributed by atoms with van der Waals surface area (Å²) in [6.45, 7) is 9.23. The molecule has 1 aromatic rings. The molecule has 0 aliphatic heterocycles. The molecular weight excluding hydrogens is 140 g/mol. The van der Waals surface area contributed by atoms with Crippen molar-refractivity contribution in [2.75, 3.05) is 6.61 Å². The highest BCUT2D eigenvalue weighted by atomic mass is 16.7. The van der Waals surface area contributed by atoms with Gasteiger partial charge < -0.3 is 0 Å². The Labute approximate surface area is 65.6 Å². The van der Waals surface area contributed by atoms with Crippen molar-refractivity contribution < 1.29 is 9.57 Å². The number of pyridine rings is 1. The van der Waals surface area contributed by atoms with Crippen LogP contribution in [0.1, 0.15) is 6.92 Å². The average molecular weight is 149 g/mol. The lowest BCUT2D eigenvalue weighted by atomic mass is 10.4. The number of nitrogens with zero attached hydrogens (tertiary/aromatic N) is 2. The third-order valence-corrected chi connectivity index (χ3v) is 1.19. The maximum absolute atomic E-state index is 6.69. The third kappa shape index (κ3) is 1.94. The smallest absolute Gasteiger partial charge is 0.212 e. The van der Waals surface area contributed by atoms with Crippen LogP contribution >= 0.6 is 0 Å². The van der Waals surface area contributed by atoms with Crippen molar-refractivity contribution in [3.63, 3.8) is 0 Å². The van der Waals surface area contributed by atoms with Crippen LogP contribution in [0.4, 0.5) is 5.69 Å². The van der Waals surface area contributed by atoms with Crippen molar-refractivity contribution in [2.45, 2.75) is 6.92 Å². The number of aromatic nitrogens is 1. The molecule has 0 saturated carbocycles. The van der Waals surface area contributed by atoms with Crippen LogP contribution in [0.3, 0.4) is 0 Å². The predicted molar refractivity (Wildman–Crippen MR) is 40.0 cm³/mol. The molecule has 0 saturated heterocycles. The fourth-order valence-corrected chi connectivity index (χ4v) is 0.715. The molecule has 0 spiro atoms. The van der Waals surface area contributed by atoms with Crippen molar-refractivity contribution in [2.24, 2.45) is 0 Å². The van der Waals surface area contributed by atoms with Gasteiger partial charge in [0.05, 0.1) is 6.57 Å². The van der Waals surface area contributed by atoms with E-state index >= 15 is 0 Å². The minimum Gasteiger partial charge on any atom is -0.272 e. The summed E-state index contributed by atoms with van der Waals surface area (Å²) >= 11 is 0. The minimum absolute atomic E-state index is 0.626. The first-order chi connectivity index (χ1) is 5.36. The van der Waals surface area contributed by atoms with Gasteiger partial charge in [-0.25, -0.2) is 4.85 Å². The highest BCUT2D eigenvalue weighted by Crippen LogP contribution is 2.05. The van der Waals surface area contributed by atoms with E-state index in [9.17, 15) is 0 Å². The summed E-state index contributed by atoms with van der Waals surface area (Å²) in [5, 5.41) is 0. The number of rotatable bonds is 2. The normalized spacial score (nSPS) is 8.73. The summed E-state index contributed by atoms with van der Waals surface area (Å²) < 4.78 is 1.58. The van der Waals surface area contributed by atoms with Crippen molar-refractivity contribution in [3.05, 3.63) is 35.9 Å². The van der Waals surface area contributed by atoms with Crippen LogP contribution in [-0.2, 0) is 0 Å². The van der Waals surface area contributed by atoms with Gasteiger partial charge in [0.25, 0.3) is 0 Å². The predicted octanol–water partition coefficient (Wildman–Crippen LogP) is 0.973. The van der Waals surface area contributed by atoms with Crippen LogP contribution in [0.2, 0.25) is 0 Å². The van der Waals surface area contributed by atoms with Crippen LogP contribution < -0.4 is 9.57 Å². The minimum atomic E-state index is 0.626. The van der Waals surface area contributed by atoms with Gasteiger partial charge in [-0.1, -0.05) is 0 Å². The van der Waals surface area contributed by atoms with E-state index < -0.39 is 0 Å². The van der Waals surface area contributed by atoms with E-state index in [-0.39, 0.29) is 0 Å². The molecule has 0 bridgehead atoms. The van der Waals surface area contributed by atoms with Crippen molar-refractivity contribution in [3.8, 4) is 0 Å². The molecule has 0 fully saturated rings. The first kappa shape index (κ1) is 7.55. The molecule has 0 unspecified atom stereocenters. The maximum atomic E-state index is 6.69. The molecule has 1 heterocycles. The van der Waals surface area contributed by atoms with E-state index in [1.807, 2.05) is 6.92 Å². The second-order valence-corrected chi connectivity index (χ2v) is 1.95. The molecular formula is C8H9N2O+. The van der Waals surface area contributed by atoms with E-state index in [1.54, 1.807) is 29.3 Å². The van der Waals surface area contributed by atoms with Crippen LogP contribution in [0, 0.1) is 6.57 Å². The number of hydrogen-bond donors (Lipinski definition) is 0. The molecule has 0 aromatic carbocycles. The molecule has 11 heavy (non-hydrogen) atoms. The second-order valence-electron chi connectivity index (χ2n) is 1.95. The lowest BCUT2D eigenvalue weighted by molar-refractivity contribution is -0.890. The monoisotopic (exact) mass is 149 g/mol. The van der Waals surface area contributed by atoms with E-state index in [0.29, 0.717) is 12.3 Å². The Bertz CT molecular complexity index is 260. The zero-order chi connectivity index (χ0) is 8.10. The molecule has 56 valence electrons. The van der Waals surface area contributed by atoms with Crippen LogP contribution in [0.25, 0.3) is 4.85 Å². The summed E-state index contributed by atoms with van der Waals surface area (Å²) in [7, 11) is 0. The molecule has 1 rings (SSSR count). The van der Waals surface area contributed by atoms with E-state index in [4.69, 9.17) is 11.4 Å². The fourth-order valence-electron chi connectivity index (χ4n) is 0.715. The van der Waals surface area contributed by atoms with Gasteiger partial charge in [-0.15, -0.1) is 0 Å². The topological polar surface area (TPSA) is 17.5 Å². The largest absolute Gasteiger partial charge is 0.272 e. The Morgan fingerprint density at radius 2 is 2.18 bits per heavy atom. The molecule has 3 nitrogen and oxygen atoms in total. The van der Waals surface area contributed by atoms with E-state index in [0.717, 1.165) is 0 Å². The molecule has 0 aliphatic carbocycles. The number of hydrogen-bond acceptors (Lipinski definition) is 1. The lowest BCUT2D eigenvalue weighted by Gasteiger charge is -1.91. The second kappa shape index (κ2) is 3.57. The van der Waals surface area contributed by atoms with Crippen molar-refractivity contribution in [1.29, 1.82) is 0 Å². The summed E-state index contributed by atoms with van der Waals surface area (Å²) in [5.74, 6) is 0. The van der Waals surface area contributed by atoms with Gasteiger partial charge in [-0.3, -0.25) is 4.84 Å². The molecule has 0 atom stereocenters. The summed E-state index contributed by atoms with van der Waals surface area (Å²) in [5.41, 5.74) is 0.626. The Kier molecular flexibility index (Phi) is 2.45. The SMILES string of the molecule is [C-]#[N+]c1cc[n+](OCC)cc1. The van der Waals surface area contributed by atoms with Crippen LogP contribution in [-0.4, -0.2) is 6.61 Å². The van der Waals surface area contributed by atoms with Gasteiger partial charge in [0.1, 0.15) is 0 Å². The van der Waals surface area contributed by atoms with E-state index in [1.165, 1.54) is 0 Å².